The number of carbonyl (C=O) groups excluding carboxylic acids is 1. The molecule has 0 fully saturated rings. The van der Waals surface area contributed by atoms with Crippen LogP contribution in [0.25, 0.3) is 5.65 Å². The quantitative estimate of drug-likeness (QED) is 0.651. The Hall–Kier alpha value is -3.14. The van der Waals surface area contributed by atoms with Crippen molar-refractivity contribution in [2.24, 2.45) is 0 Å². The number of hydrogen-bond acceptors (Lipinski definition) is 4. The molecule has 10 heteroatoms. The van der Waals surface area contributed by atoms with Gasteiger partial charge in [0.15, 0.2) is 5.65 Å². The van der Waals surface area contributed by atoms with Crippen molar-refractivity contribution in [1.29, 1.82) is 0 Å². The lowest BCUT2D eigenvalue weighted by molar-refractivity contribution is -0.116. The number of amides is 1. The summed E-state index contributed by atoms with van der Waals surface area (Å²) in [5.74, 6) is -4.14. The van der Waals surface area contributed by atoms with E-state index in [1.165, 1.54) is 23.5 Å². The fraction of sp³-hybridized carbons (Fsp3) is 0.409. The molecule has 0 aliphatic carbocycles. The van der Waals surface area contributed by atoms with Crippen molar-refractivity contribution in [2.75, 3.05) is 18.1 Å². The van der Waals surface area contributed by atoms with Gasteiger partial charge in [-0.15, -0.1) is 5.10 Å². The molecule has 1 amide bonds. The summed E-state index contributed by atoms with van der Waals surface area (Å²) < 4.78 is 43.0. The molecule has 0 bridgehead atoms. The van der Waals surface area contributed by atoms with Crippen LogP contribution in [0.1, 0.15) is 37.6 Å². The van der Waals surface area contributed by atoms with Gasteiger partial charge >= 0.3 is 5.69 Å². The lowest BCUT2D eigenvalue weighted by atomic mass is 9.90. The van der Waals surface area contributed by atoms with E-state index in [0.717, 1.165) is 5.56 Å². The first-order valence-corrected chi connectivity index (χ1v) is 10.1. The molecule has 1 aromatic carbocycles. The Morgan fingerprint density at radius 3 is 2.50 bits per heavy atom. The van der Waals surface area contributed by atoms with Crippen molar-refractivity contribution in [1.82, 2.24) is 14.2 Å². The number of carbonyl (C=O) groups is 1. The van der Waals surface area contributed by atoms with Crippen LogP contribution < -0.4 is 10.6 Å². The van der Waals surface area contributed by atoms with Crippen LogP contribution in [0.4, 0.5) is 18.9 Å². The van der Waals surface area contributed by atoms with Gasteiger partial charge in [0, 0.05) is 30.9 Å². The van der Waals surface area contributed by atoms with E-state index in [4.69, 9.17) is 5.11 Å². The molecule has 2 aromatic heterocycles. The second kappa shape index (κ2) is 7.47. The Kier molecular flexibility index (Phi) is 5.15. The molecule has 0 saturated heterocycles. The zero-order valence-corrected chi connectivity index (χ0v) is 17.9. The first kappa shape index (κ1) is 22.1. The molecule has 4 rings (SSSR count). The lowest BCUT2D eigenvalue weighted by Gasteiger charge is -2.19. The van der Waals surface area contributed by atoms with Gasteiger partial charge in [-0.1, -0.05) is 26.0 Å². The number of aromatic nitrogens is 3. The van der Waals surface area contributed by atoms with Crippen molar-refractivity contribution in [3.63, 3.8) is 0 Å². The second-order valence-corrected chi connectivity index (χ2v) is 8.81. The van der Waals surface area contributed by atoms with Crippen molar-refractivity contribution in [3.05, 3.63) is 63.5 Å². The molecule has 0 radical (unpaired) electrons. The number of alkyl halides is 2. The van der Waals surface area contributed by atoms with Gasteiger partial charge in [-0.25, -0.2) is 27.0 Å². The number of hydrogen-bond donors (Lipinski definition) is 1. The van der Waals surface area contributed by atoms with Crippen LogP contribution in [0, 0.1) is 5.82 Å². The molecule has 7 nitrogen and oxygen atoms in total. The van der Waals surface area contributed by atoms with Crippen LogP contribution in [0.5, 0.6) is 0 Å². The van der Waals surface area contributed by atoms with E-state index in [2.05, 4.69) is 5.10 Å². The molecule has 1 N–H and O–H groups in total. The number of aliphatic hydroxyl groups excluding tert-OH is 1. The smallest absolute Gasteiger partial charge is 0.350 e. The Labute approximate surface area is 181 Å². The van der Waals surface area contributed by atoms with Gasteiger partial charge in [0.25, 0.3) is 5.92 Å². The number of pyridine rings is 1. The predicted octanol–water partition coefficient (Wildman–Crippen LogP) is 2.50. The zero-order chi connectivity index (χ0) is 23.4. The van der Waals surface area contributed by atoms with Gasteiger partial charge < -0.3 is 10.0 Å². The molecule has 32 heavy (non-hydrogen) atoms. The highest BCUT2D eigenvalue weighted by Gasteiger charge is 2.41. The molecular formula is C22H23F3N4O3. The predicted molar refractivity (Wildman–Crippen MR) is 112 cm³/mol. The van der Waals surface area contributed by atoms with E-state index in [-0.39, 0.29) is 18.0 Å². The molecule has 1 aliphatic heterocycles. The standard InChI is InChI=1S/C22H23F3N4O3/c1-13(31)27-10-21(2,3)18-17(27)9-15(8-14-4-6-16(23)7-5-14)19-26-28(20(32)29(18)19)11-22(24,25)12-30/h4-7,9,30H,8,10-12H2,1-3H3. The maximum absolute atomic E-state index is 13.9. The minimum Gasteiger partial charge on any atom is -0.390 e. The molecule has 3 heterocycles. The van der Waals surface area contributed by atoms with E-state index in [9.17, 15) is 22.8 Å². The van der Waals surface area contributed by atoms with Crippen molar-refractivity contribution < 1.29 is 23.1 Å². The van der Waals surface area contributed by atoms with E-state index >= 15 is 0 Å². The van der Waals surface area contributed by atoms with E-state index in [1.54, 1.807) is 23.1 Å². The first-order chi connectivity index (χ1) is 14.9. The maximum atomic E-state index is 13.9. The Balaban J connectivity index is 1.99. The topological polar surface area (TPSA) is 79.8 Å². The molecular weight excluding hydrogens is 425 g/mol. The number of rotatable bonds is 5. The monoisotopic (exact) mass is 448 g/mol. The molecule has 1 aliphatic rings. The highest BCUT2D eigenvalue weighted by molar-refractivity contribution is 5.95. The minimum absolute atomic E-state index is 0.185. The molecule has 0 saturated carbocycles. The average molecular weight is 448 g/mol. The molecule has 0 atom stereocenters. The van der Waals surface area contributed by atoms with Gasteiger partial charge in [0.05, 0.1) is 11.4 Å². The van der Waals surface area contributed by atoms with Crippen LogP contribution in [-0.2, 0) is 23.2 Å². The molecule has 0 spiro atoms. The fourth-order valence-electron chi connectivity index (χ4n) is 4.25. The number of aliphatic hydroxyl groups is 1. The Morgan fingerprint density at radius 1 is 1.25 bits per heavy atom. The van der Waals surface area contributed by atoms with Crippen molar-refractivity contribution in [3.8, 4) is 0 Å². The number of benzene rings is 1. The largest absolute Gasteiger partial charge is 0.390 e. The summed E-state index contributed by atoms with van der Waals surface area (Å²) in [7, 11) is 0. The van der Waals surface area contributed by atoms with Gasteiger partial charge in [0.1, 0.15) is 19.0 Å². The number of halogens is 3. The molecule has 0 unspecified atom stereocenters. The summed E-state index contributed by atoms with van der Waals surface area (Å²) in [6.07, 6.45) is 0.246. The summed E-state index contributed by atoms with van der Waals surface area (Å²) in [4.78, 5) is 27.0. The third-order valence-corrected chi connectivity index (χ3v) is 5.69. The number of anilines is 1. The van der Waals surface area contributed by atoms with E-state index in [1.807, 2.05) is 13.8 Å². The highest BCUT2D eigenvalue weighted by atomic mass is 19.3. The summed E-state index contributed by atoms with van der Waals surface area (Å²) in [5, 5.41) is 13.1. The van der Waals surface area contributed by atoms with E-state index in [0.29, 0.717) is 28.2 Å². The third-order valence-electron chi connectivity index (χ3n) is 5.69. The fourth-order valence-corrected chi connectivity index (χ4v) is 4.25. The summed E-state index contributed by atoms with van der Waals surface area (Å²) in [6.45, 7) is 2.96. The molecule has 3 aromatic rings. The van der Waals surface area contributed by atoms with Gasteiger partial charge in [-0.2, -0.15) is 0 Å². The summed E-state index contributed by atoms with van der Waals surface area (Å²) >= 11 is 0. The van der Waals surface area contributed by atoms with Crippen LogP contribution in [0.2, 0.25) is 0 Å². The van der Waals surface area contributed by atoms with Crippen LogP contribution in [0.15, 0.2) is 35.1 Å². The van der Waals surface area contributed by atoms with Gasteiger partial charge in [0.2, 0.25) is 5.91 Å². The number of nitrogens with zero attached hydrogens (tertiary/aromatic N) is 4. The second-order valence-electron chi connectivity index (χ2n) is 8.81. The summed E-state index contributed by atoms with van der Waals surface area (Å²) in [6, 6.07) is 7.52. The molecule has 170 valence electrons. The maximum Gasteiger partial charge on any atom is 0.350 e. The van der Waals surface area contributed by atoms with Crippen LogP contribution in [-0.4, -0.2) is 44.3 Å². The van der Waals surface area contributed by atoms with Crippen molar-refractivity contribution >= 4 is 17.2 Å². The highest BCUT2D eigenvalue weighted by Crippen LogP contribution is 2.41. The Morgan fingerprint density at radius 2 is 1.91 bits per heavy atom. The lowest BCUT2D eigenvalue weighted by Crippen LogP contribution is -2.35. The SMILES string of the molecule is CC(=O)N1CC(C)(C)c2c1cc(Cc1ccc(F)cc1)c1nn(CC(F)(F)CO)c(=O)n21. The zero-order valence-electron chi connectivity index (χ0n) is 17.9. The van der Waals surface area contributed by atoms with Crippen molar-refractivity contribution in [2.45, 2.75) is 45.1 Å². The van der Waals surface area contributed by atoms with E-state index < -0.39 is 36.0 Å². The van der Waals surface area contributed by atoms with Gasteiger partial charge in [-0.05, 0) is 23.8 Å². The minimum atomic E-state index is -3.52. The van der Waals surface area contributed by atoms with Gasteiger partial charge in [-0.3, -0.25) is 4.79 Å². The Bertz CT molecular complexity index is 1260. The summed E-state index contributed by atoms with van der Waals surface area (Å²) in [5.41, 5.74) is 1.06. The first-order valence-electron chi connectivity index (χ1n) is 10.1. The van der Waals surface area contributed by atoms with Crippen LogP contribution >= 0.6 is 0 Å². The van der Waals surface area contributed by atoms with Crippen LogP contribution in [0.3, 0.4) is 0 Å². The average Bonchev–Trinajstić information content (AvgIpc) is 3.17. The number of fused-ring (bicyclic) bond motifs is 3. The third kappa shape index (κ3) is 3.68. The normalized spacial score (nSPS) is 15.4.